The molecule has 3 aromatic heterocycles. The first-order valence-electron chi connectivity index (χ1n) is 19.2. The number of rotatable bonds is 6. The first-order valence-corrected chi connectivity index (χ1v) is 19.6. The second-order valence-electron chi connectivity index (χ2n) is 14.9. The van der Waals surface area contributed by atoms with Crippen molar-refractivity contribution in [1.82, 2.24) is 25.2 Å². The van der Waals surface area contributed by atoms with Gasteiger partial charge in [-0.3, -0.25) is 43.8 Å². The quantitative estimate of drug-likeness (QED) is 0.108. The van der Waals surface area contributed by atoms with Crippen LogP contribution in [0.1, 0.15) is 83.9 Å². The van der Waals surface area contributed by atoms with E-state index < -0.39 is 23.3 Å². The van der Waals surface area contributed by atoms with E-state index in [0.717, 1.165) is 55.0 Å². The molecule has 61 heavy (non-hydrogen) atoms. The van der Waals surface area contributed by atoms with Gasteiger partial charge in [0.25, 0.3) is 11.8 Å². The Morgan fingerprint density at radius 2 is 1.20 bits per heavy atom. The molecule has 0 saturated carbocycles. The number of aromatic nitrogens is 3. The van der Waals surface area contributed by atoms with E-state index in [-0.39, 0.29) is 28.4 Å². The number of carboxylic acids is 1. The molecule has 3 aromatic rings. The second kappa shape index (κ2) is 28.7. The minimum atomic E-state index is -0.950. The zero-order valence-corrected chi connectivity index (χ0v) is 36.1. The third kappa shape index (κ3) is 26.1. The van der Waals surface area contributed by atoms with Gasteiger partial charge in [0.15, 0.2) is 0 Å². The van der Waals surface area contributed by atoms with Gasteiger partial charge in [0.05, 0.1) is 5.41 Å². The van der Waals surface area contributed by atoms with Crippen molar-refractivity contribution >= 4 is 70.7 Å². The lowest BCUT2D eigenvalue weighted by Crippen LogP contribution is -2.34. The Hall–Kier alpha value is -6.67. The highest BCUT2D eigenvalue weighted by molar-refractivity contribution is 6.64. The van der Waals surface area contributed by atoms with Crippen molar-refractivity contribution in [2.45, 2.75) is 67.2 Å². The molecule has 0 atom stereocenters. The molecule has 0 unspecified atom stereocenters. The molecule has 0 spiro atoms. The van der Waals surface area contributed by atoms with Gasteiger partial charge in [-0.15, -0.1) is 0 Å². The lowest BCUT2D eigenvalue weighted by Gasteiger charge is -2.15. The number of carboxylic acid groups (broad SMARTS) is 1. The van der Waals surface area contributed by atoms with Crippen LogP contribution in [0.3, 0.4) is 0 Å². The number of hydrogen-bond donors (Lipinski definition) is 2. The Morgan fingerprint density at radius 3 is 1.66 bits per heavy atom. The molecule has 14 nitrogen and oxygen atoms in total. The summed E-state index contributed by atoms with van der Waals surface area (Å²) in [5, 5.41) is 10.7. The Bertz CT molecular complexity index is 2020. The molecule has 0 aromatic carbocycles. The highest BCUT2D eigenvalue weighted by atomic mass is 35.5. The average molecular weight is 856 g/mol. The fourth-order valence-electron chi connectivity index (χ4n) is 3.94. The smallest absolute Gasteiger partial charge is 0.338 e. The van der Waals surface area contributed by atoms with Crippen LogP contribution in [-0.2, 0) is 38.3 Å². The Balaban J connectivity index is 0.000000400. The number of pyridine rings is 3. The van der Waals surface area contributed by atoms with Crippen LogP contribution in [0, 0.1) is 10.8 Å². The number of imide groups is 1. The Labute approximate surface area is 362 Å². The van der Waals surface area contributed by atoms with Crippen molar-refractivity contribution in [3.8, 4) is 0 Å². The predicted molar refractivity (Wildman–Crippen MR) is 235 cm³/mol. The molecular weight excluding hydrogens is 802 g/mol. The largest absolute Gasteiger partial charge is 0.478 e. The van der Waals surface area contributed by atoms with E-state index in [1.165, 1.54) is 29.2 Å². The van der Waals surface area contributed by atoms with E-state index in [9.17, 15) is 33.6 Å². The molecule has 0 saturated heterocycles. The summed E-state index contributed by atoms with van der Waals surface area (Å²) in [4.78, 5) is 90.0. The predicted octanol–water partition coefficient (Wildman–Crippen LogP) is 7.44. The molecule has 5 rings (SSSR count). The SMILES string of the molecule is CC(C)(C)C(=O)Cl.CC(C)(C)C(=O)OC(=O)/C=C/c1cccnc1.O=C(O)/C=C/c1cccnc1.O=C1C=CCCCN1.O=C1C=CCCCN1C(=O)/C=C/c1cccnc1. The van der Waals surface area contributed by atoms with Crippen molar-refractivity contribution in [3.63, 3.8) is 0 Å². The summed E-state index contributed by atoms with van der Waals surface area (Å²) >= 11 is 5.11. The standard InChI is InChI=1S/C14H14N2O2.C13H15NO3.C8H7NO2.C6H9NO.C5H9ClO/c17-13-6-2-1-3-10-16(13)14(18)8-7-12-5-4-9-15-11-12;1-13(2,3)12(16)17-11(15)7-6-10-5-4-8-14-9-10;10-8(11)4-3-7-2-1-5-9-6-7;8-6-4-2-1-3-5-7-6;1-5(2,3)4(6)7/h2,4-9,11H,1,3,10H2;4-9H,1-3H3;1-6H,(H,10,11);2,4H,1,3,5H2,(H,7,8);1-3H3/b8-7+;7-6+;4-3+;;. The van der Waals surface area contributed by atoms with Crippen molar-refractivity contribution < 1.29 is 43.4 Å². The van der Waals surface area contributed by atoms with Crippen LogP contribution in [0.15, 0.2) is 116 Å². The highest BCUT2D eigenvalue weighted by Crippen LogP contribution is 2.16. The molecule has 0 radical (unpaired) electrons. The first kappa shape index (κ1) is 52.3. The fourth-order valence-corrected chi connectivity index (χ4v) is 3.94. The van der Waals surface area contributed by atoms with Crippen LogP contribution in [0.5, 0.6) is 0 Å². The first-order chi connectivity index (χ1) is 28.8. The average Bonchev–Trinajstić information content (AvgIpc) is 3.61. The van der Waals surface area contributed by atoms with E-state index in [0.29, 0.717) is 6.54 Å². The van der Waals surface area contributed by atoms with Gasteiger partial charge in [-0.25, -0.2) is 9.59 Å². The summed E-state index contributed by atoms with van der Waals surface area (Å²) in [6, 6.07) is 10.7. The lowest BCUT2D eigenvalue weighted by molar-refractivity contribution is -0.162. The maximum absolute atomic E-state index is 11.9. The van der Waals surface area contributed by atoms with E-state index in [1.54, 1.807) is 133 Å². The summed E-state index contributed by atoms with van der Waals surface area (Å²) in [5.41, 5.74) is 1.34. The minimum Gasteiger partial charge on any atom is -0.478 e. The van der Waals surface area contributed by atoms with E-state index >= 15 is 0 Å². The molecule has 5 heterocycles. The number of esters is 2. The maximum atomic E-state index is 11.9. The number of amides is 3. The number of ether oxygens (including phenoxy) is 1. The molecule has 3 amide bonds. The van der Waals surface area contributed by atoms with Crippen LogP contribution in [0.25, 0.3) is 18.2 Å². The molecule has 2 aliphatic heterocycles. The number of carbonyl (C=O) groups is 7. The Kier molecular flexibility index (Phi) is 24.6. The van der Waals surface area contributed by atoms with Crippen LogP contribution in [0.2, 0.25) is 0 Å². The maximum Gasteiger partial charge on any atom is 0.338 e. The van der Waals surface area contributed by atoms with Crippen LogP contribution < -0.4 is 5.32 Å². The molecule has 0 aliphatic carbocycles. The van der Waals surface area contributed by atoms with Crippen LogP contribution in [0.4, 0.5) is 0 Å². The van der Waals surface area contributed by atoms with Crippen molar-refractivity contribution in [2.75, 3.05) is 13.1 Å². The topological polar surface area (TPSA) is 203 Å². The van der Waals surface area contributed by atoms with Gasteiger partial charge in [0.1, 0.15) is 0 Å². The summed E-state index contributed by atoms with van der Waals surface area (Å²) in [7, 11) is 0. The zero-order valence-electron chi connectivity index (χ0n) is 35.3. The van der Waals surface area contributed by atoms with Crippen LogP contribution in [-0.4, -0.2) is 78.9 Å². The fraction of sp³-hybridized carbons (Fsp3) is 0.304. The summed E-state index contributed by atoms with van der Waals surface area (Å²) in [6.45, 7) is 11.7. The van der Waals surface area contributed by atoms with Crippen molar-refractivity contribution in [3.05, 3.63) is 133 Å². The third-order valence-corrected chi connectivity index (χ3v) is 7.93. The van der Waals surface area contributed by atoms with Crippen molar-refractivity contribution in [2.24, 2.45) is 10.8 Å². The van der Waals surface area contributed by atoms with Gasteiger partial charge in [-0.05, 0) is 123 Å². The minimum absolute atomic E-state index is 0.0440. The normalized spacial score (nSPS) is 13.7. The van der Waals surface area contributed by atoms with E-state index in [1.807, 2.05) is 12.1 Å². The number of nitrogens with zero attached hydrogens (tertiary/aromatic N) is 4. The number of hydrogen-bond acceptors (Lipinski definition) is 11. The molecule has 15 heteroatoms. The molecule has 2 aliphatic rings. The molecule has 324 valence electrons. The molecule has 0 bridgehead atoms. The number of aliphatic carboxylic acids is 1. The number of halogens is 1. The molecule has 0 fully saturated rings. The van der Waals surface area contributed by atoms with Gasteiger partial charge in [0, 0.05) is 73.9 Å². The second-order valence-corrected chi connectivity index (χ2v) is 15.2. The molecular formula is C46H54ClN5O9. The lowest BCUT2D eigenvalue weighted by atomic mass is 9.97. The number of nitrogens with one attached hydrogen (secondary N) is 1. The summed E-state index contributed by atoms with van der Waals surface area (Å²) < 4.78 is 4.65. The van der Waals surface area contributed by atoms with Gasteiger partial charge >= 0.3 is 17.9 Å². The monoisotopic (exact) mass is 855 g/mol. The van der Waals surface area contributed by atoms with E-state index in [2.05, 4.69) is 25.0 Å². The summed E-state index contributed by atoms with van der Waals surface area (Å²) in [6.07, 6.45) is 28.7. The zero-order chi connectivity index (χ0) is 45.7. The van der Waals surface area contributed by atoms with Crippen LogP contribution >= 0.6 is 11.6 Å². The third-order valence-electron chi connectivity index (χ3n) is 7.36. The number of carbonyl (C=O) groups excluding carboxylic acids is 6. The number of allylic oxidation sites excluding steroid dienone is 2. The van der Waals surface area contributed by atoms with Gasteiger partial charge in [-0.1, -0.05) is 51.1 Å². The van der Waals surface area contributed by atoms with Crippen molar-refractivity contribution in [1.29, 1.82) is 0 Å². The Morgan fingerprint density at radius 1 is 0.721 bits per heavy atom. The highest BCUT2D eigenvalue weighted by Gasteiger charge is 2.25. The van der Waals surface area contributed by atoms with Gasteiger partial charge in [-0.2, -0.15) is 0 Å². The molecule has 2 N–H and O–H groups in total. The van der Waals surface area contributed by atoms with E-state index in [4.69, 9.17) is 16.7 Å². The summed E-state index contributed by atoms with van der Waals surface area (Å²) in [5.74, 6) is -2.65. The van der Waals surface area contributed by atoms with Gasteiger partial charge in [0.2, 0.25) is 11.1 Å². The van der Waals surface area contributed by atoms with Gasteiger partial charge < -0.3 is 15.2 Å².